The van der Waals surface area contributed by atoms with Gasteiger partial charge in [0, 0.05) is 6.07 Å². The van der Waals surface area contributed by atoms with Crippen molar-refractivity contribution in [1.82, 2.24) is 35.3 Å². The van der Waals surface area contributed by atoms with Crippen LogP contribution in [0.4, 0.5) is 11.8 Å². The summed E-state index contributed by atoms with van der Waals surface area (Å²) in [7, 11) is 1.47. The van der Waals surface area contributed by atoms with Crippen LogP contribution in [0.5, 0.6) is 17.6 Å². The molecule has 1 aromatic carbocycles. The molecule has 0 bridgehead atoms. The Hall–Kier alpha value is -3.34. The first-order chi connectivity index (χ1) is 11.8. The number of fused-ring (bicyclic) bond motifs is 1. The number of aromatic amines is 1. The third-order valence-corrected chi connectivity index (χ3v) is 3.80. The van der Waals surface area contributed by atoms with Crippen LogP contribution in [0, 0.1) is 0 Å². The van der Waals surface area contributed by atoms with E-state index in [0.717, 1.165) is 10.2 Å². The van der Waals surface area contributed by atoms with Crippen LogP contribution in [0.15, 0.2) is 30.0 Å². The van der Waals surface area contributed by atoms with E-state index in [-0.39, 0.29) is 11.9 Å². The summed E-state index contributed by atoms with van der Waals surface area (Å²) in [5, 5.41) is 17.1. The maximum Gasteiger partial charge on any atom is 0.343 e. The van der Waals surface area contributed by atoms with E-state index >= 15 is 0 Å². The molecule has 0 aliphatic rings. The first kappa shape index (κ1) is 14.3. The van der Waals surface area contributed by atoms with Crippen molar-refractivity contribution < 1.29 is 9.47 Å². The highest BCUT2D eigenvalue weighted by Crippen LogP contribution is 2.27. The molecule has 4 rings (SSSR count). The topological polar surface area (TPSA) is 124 Å². The Kier molecular flexibility index (Phi) is 3.59. The van der Waals surface area contributed by atoms with Crippen LogP contribution in [0.3, 0.4) is 0 Å². The molecule has 0 amide bonds. The standard InChI is InChI=1S/C13H10N8O2S/c1-22-11-10(17-12-14-5-16-20-12)18-13(21-19-11)23-7-2-3-9-8(4-7)15-6-24-9/h2-6H,1H3,(H2,14,16,17,18,20,21). The number of rotatable bonds is 5. The molecule has 0 aliphatic carbocycles. The van der Waals surface area contributed by atoms with E-state index < -0.39 is 0 Å². The van der Waals surface area contributed by atoms with Gasteiger partial charge in [-0.15, -0.1) is 16.4 Å². The molecule has 0 radical (unpaired) electrons. The molecule has 0 fully saturated rings. The number of aromatic nitrogens is 7. The fraction of sp³-hybridized carbons (Fsp3) is 0.0769. The Morgan fingerprint density at radius 1 is 1.21 bits per heavy atom. The van der Waals surface area contributed by atoms with Crippen molar-refractivity contribution in [2.75, 3.05) is 12.4 Å². The molecule has 120 valence electrons. The fourth-order valence-corrected chi connectivity index (χ4v) is 2.61. The third kappa shape index (κ3) is 2.79. The molecule has 0 atom stereocenters. The van der Waals surface area contributed by atoms with Crippen molar-refractivity contribution in [2.45, 2.75) is 0 Å². The Morgan fingerprint density at radius 2 is 2.17 bits per heavy atom. The van der Waals surface area contributed by atoms with E-state index in [1.165, 1.54) is 13.4 Å². The van der Waals surface area contributed by atoms with E-state index in [1.54, 1.807) is 16.8 Å². The van der Waals surface area contributed by atoms with Gasteiger partial charge in [0.1, 0.15) is 12.1 Å². The predicted molar refractivity (Wildman–Crippen MR) is 85.7 cm³/mol. The zero-order chi connectivity index (χ0) is 16.4. The zero-order valence-electron chi connectivity index (χ0n) is 12.3. The van der Waals surface area contributed by atoms with Crippen molar-refractivity contribution >= 4 is 33.3 Å². The molecule has 11 heteroatoms. The molecule has 10 nitrogen and oxygen atoms in total. The Morgan fingerprint density at radius 3 is 3.00 bits per heavy atom. The molecular weight excluding hydrogens is 332 g/mol. The maximum absolute atomic E-state index is 5.65. The lowest BCUT2D eigenvalue weighted by atomic mass is 10.3. The van der Waals surface area contributed by atoms with Crippen LogP contribution in [0.1, 0.15) is 0 Å². The van der Waals surface area contributed by atoms with E-state index in [9.17, 15) is 0 Å². The lowest BCUT2D eigenvalue weighted by Crippen LogP contribution is -2.04. The zero-order valence-corrected chi connectivity index (χ0v) is 13.1. The largest absolute Gasteiger partial charge is 0.477 e. The van der Waals surface area contributed by atoms with E-state index in [0.29, 0.717) is 17.5 Å². The number of nitrogens with zero attached hydrogens (tertiary/aromatic N) is 6. The second-order valence-corrected chi connectivity index (χ2v) is 5.38. The quantitative estimate of drug-likeness (QED) is 0.561. The van der Waals surface area contributed by atoms with Gasteiger partial charge in [0.15, 0.2) is 0 Å². The van der Waals surface area contributed by atoms with Crippen molar-refractivity contribution in [3.8, 4) is 17.6 Å². The van der Waals surface area contributed by atoms with Gasteiger partial charge in [0.25, 0.3) is 5.88 Å². The molecule has 0 spiro atoms. The average Bonchev–Trinajstić information content (AvgIpc) is 3.26. The van der Waals surface area contributed by atoms with Crippen molar-refractivity contribution in [1.29, 1.82) is 0 Å². The van der Waals surface area contributed by atoms with E-state index in [4.69, 9.17) is 9.47 Å². The third-order valence-electron chi connectivity index (χ3n) is 2.99. The molecule has 0 aliphatic heterocycles. The summed E-state index contributed by atoms with van der Waals surface area (Å²) >= 11 is 1.56. The smallest absolute Gasteiger partial charge is 0.343 e. The normalized spacial score (nSPS) is 10.7. The molecule has 2 N–H and O–H groups in total. The van der Waals surface area contributed by atoms with Crippen LogP contribution in [-0.4, -0.2) is 42.5 Å². The van der Waals surface area contributed by atoms with Gasteiger partial charge in [-0.1, -0.05) is 5.10 Å². The monoisotopic (exact) mass is 342 g/mol. The molecule has 0 saturated heterocycles. The second kappa shape index (κ2) is 6.04. The summed E-state index contributed by atoms with van der Waals surface area (Å²) in [6.07, 6.45) is 1.36. The van der Waals surface area contributed by atoms with Crippen LogP contribution in [-0.2, 0) is 0 Å². The molecule has 0 saturated carbocycles. The molecular formula is C13H10N8O2S. The van der Waals surface area contributed by atoms with Crippen LogP contribution in [0.2, 0.25) is 0 Å². The summed E-state index contributed by atoms with van der Waals surface area (Å²) in [4.78, 5) is 12.4. The summed E-state index contributed by atoms with van der Waals surface area (Å²) < 4.78 is 11.8. The lowest BCUT2D eigenvalue weighted by molar-refractivity contribution is 0.377. The number of H-pyrrole nitrogens is 1. The Balaban J connectivity index is 1.62. The highest BCUT2D eigenvalue weighted by Gasteiger charge is 2.13. The van der Waals surface area contributed by atoms with Gasteiger partial charge in [-0.25, -0.2) is 10.1 Å². The second-order valence-electron chi connectivity index (χ2n) is 4.50. The number of benzene rings is 1. The van der Waals surface area contributed by atoms with Gasteiger partial charge in [-0.05, 0) is 12.1 Å². The number of methoxy groups -OCH3 is 1. The lowest BCUT2D eigenvalue weighted by Gasteiger charge is -2.08. The SMILES string of the molecule is COc1nnc(Oc2ccc3scnc3c2)nc1Nc1ncn[nH]1. The Bertz CT molecular complexity index is 971. The molecule has 3 aromatic heterocycles. The number of hydrogen-bond donors (Lipinski definition) is 2. The molecule has 3 heterocycles. The van der Waals surface area contributed by atoms with Gasteiger partial charge >= 0.3 is 6.01 Å². The highest BCUT2D eigenvalue weighted by molar-refractivity contribution is 7.16. The van der Waals surface area contributed by atoms with Crippen LogP contribution < -0.4 is 14.8 Å². The number of nitrogens with one attached hydrogen (secondary N) is 2. The molecule has 4 aromatic rings. The molecule has 24 heavy (non-hydrogen) atoms. The van der Waals surface area contributed by atoms with Crippen LogP contribution >= 0.6 is 11.3 Å². The van der Waals surface area contributed by atoms with E-state index in [2.05, 4.69) is 40.7 Å². The number of hydrogen-bond acceptors (Lipinski definition) is 10. The predicted octanol–water partition coefficient (Wildman–Crippen LogP) is 2.14. The van der Waals surface area contributed by atoms with Gasteiger partial charge < -0.3 is 14.8 Å². The first-order valence-electron chi connectivity index (χ1n) is 6.74. The molecule has 0 unspecified atom stereocenters. The minimum Gasteiger partial charge on any atom is -0.477 e. The van der Waals surface area contributed by atoms with Gasteiger partial charge in [0.05, 0.1) is 22.8 Å². The first-order valence-corrected chi connectivity index (χ1v) is 7.62. The van der Waals surface area contributed by atoms with E-state index in [1.807, 2.05) is 18.2 Å². The average molecular weight is 342 g/mol. The number of thiazole rings is 1. The number of anilines is 2. The van der Waals surface area contributed by atoms with Crippen molar-refractivity contribution in [2.24, 2.45) is 0 Å². The minimum atomic E-state index is 0.0624. The minimum absolute atomic E-state index is 0.0624. The van der Waals surface area contributed by atoms with Crippen molar-refractivity contribution in [3.63, 3.8) is 0 Å². The number of ether oxygens (including phenoxy) is 2. The summed E-state index contributed by atoms with van der Waals surface area (Å²) in [6, 6.07) is 5.61. The summed E-state index contributed by atoms with van der Waals surface area (Å²) in [6.45, 7) is 0. The summed E-state index contributed by atoms with van der Waals surface area (Å²) in [5.41, 5.74) is 2.62. The van der Waals surface area contributed by atoms with Crippen molar-refractivity contribution in [3.05, 3.63) is 30.0 Å². The highest BCUT2D eigenvalue weighted by atomic mass is 32.1. The van der Waals surface area contributed by atoms with Gasteiger partial charge in [-0.2, -0.15) is 15.1 Å². The van der Waals surface area contributed by atoms with Crippen LogP contribution in [0.25, 0.3) is 10.2 Å². The maximum atomic E-state index is 5.65. The van der Waals surface area contributed by atoms with Gasteiger partial charge in [0.2, 0.25) is 11.8 Å². The Labute approximate surface area is 138 Å². The summed E-state index contributed by atoms with van der Waals surface area (Å²) in [5.74, 6) is 1.46. The van der Waals surface area contributed by atoms with Gasteiger partial charge in [-0.3, -0.25) is 0 Å². The fourth-order valence-electron chi connectivity index (χ4n) is 1.95.